The SMILES string of the molecule is NNc1ccc(-c2ncc(-c3ccccc3)s2)cn1. The molecule has 3 rings (SSSR count). The van der Waals surface area contributed by atoms with E-state index in [1.54, 1.807) is 17.5 Å². The van der Waals surface area contributed by atoms with Crippen LogP contribution in [-0.2, 0) is 0 Å². The Morgan fingerprint density at radius 1 is 0.895 bits per heavy atom. The molecule has 0 atom stereocenters. The van der Waals surface area contributed by atoms with Gasteiger partial charge in [-0.2, -0.15) is 0 Å². The zero-order chi connectivity index (χ0) is 13.1. The van der Waals surface area contributed by atoms with E-state index >= 15 is 0 Å². The molecule has 0 fully saturated rings. The minimum absolute atomic E-state index is 0.642. The van der Waals surface area contributed by atoms with Crippen LogP contribution in [0.4, 0.5) is 5.82 Å². The number of benzene rings is 1. The summed E-state index contributed by atoms with van der Waals surface area (Å²) in [6.07, 6.45) is 3.66. The molecule has 19 heavy (non-hydrogen) atoms. The van der Waals surface area contributed by atoms with E-state index < -0.39 is 0 Å². The van der Waals surface area contributed by atoms with Gasteiger partial charge in [0.2, 0.25) is 0 Å². The number of thiazole rings is 1. The lowest BCUT2D eigenvalue weighted by Crippen LogP contribution is -2.07. The Morgan fingerprint density at radius 2 is 1.74 bits per heavy atom. The number of anilines is 1. The average molecular weight is 268 g/mol. The van der Waals surface area contributed by atoms with Gasteiger partial charge in [-0.1, -0.05) is 30.3 Å². The van der Waals surface area contributed by atoms with Crippen LogP contribution in [0.3, 0.4) is 0 Å². The number of hydrazine groups is 1. The summed E-state index contributed by atoms with van der Waals surface area (Å²) in [6, 6.07) is 14.0. The third-order valence-corrected chi connectivity index (χ3v) is 3.82. The van der Waals surface area contributed by atoms with E-state index in [0.717, 1.165) is 15.4 Å². The summed E-state index contributed by atoms with van der Waals surface area (Å²) in [5.41, 5.74) is 4.68. The number of pyridine rings is 1. The third-order valence-electron chi connectivity index (χ3n) is 2.72. The van der Waals surface area contributed by atoms with Crippen molar-refractivity contribution in [1.29, 1.82) is 0 Å². The summed E-state index contributed by atoms with van der Waals surface area (Å²) in [6.45, 7) is 0. The van der Waals surface area contributed by atoms with Crippen LogP contribution in [0.5, 0.6) is 0 Å². The van der Waals surface area contributed by atoms with Crippen LogP contribution in [0.25, 0.3) is 21.0 Å². The summed E-state index contributed by atoms with van der Waals surface area (Å²) >= 11 is 1.65. The molecule has 0 bridgehead atoms. The van der Waals surface area contributed by atoms with Crippen molar-refractivity contribution in [1.82, 2.24) is 9.97 Å². The summed E-state index contributed by atoms with van der Waals surface area (Å²) < 4.78 is 0. The van der Waals surface area contributed by atoms with Gasteiger partial charge < -0.3 is 5.43 Å². The van der Waals surface area contributed by atoms with Crippen LogP contribution in [0.1, 0.15) is 0 Å². The molecule has 0 amide bonds. The molecular formula is C14H12N4S. The first-order valence-electron chi connectivity index (χ1n) is 5.81. The first-order chi connectivity index (χ1) is 9.36. The number of hydrogen-bond acceptors (Lipinski definition) is 5. The molecule has 2 heterocycles. The van der Waals surface area contributed by atoms with Crippen molar-refractivity contribution < 1.29 is 0 Å². The fraction of sp³-hybridized carbons (Fsp3) is 0. The molecule has 0 saturated carbocycles. The van der Waals surface area contributed by atoms with Crippen LogP contribution < -0.4 is 11.3 Å². The van der Waals surface area contributed by atoms with Crippen LogP contribution in [0, 0.1) is 0 Å². The Kier molecular flexibility index (Phi) is 3.22. The second-order valence-electron chi connectivity index (χ2n) is 3.97. The Balaban J connectivity index is 1.92. The van der Waals surface area contributed by atoms with E-state index in [0.29, 0.717) is 5.82 Å². The molecule has 2 aromatic heterocycles. The van der Waals surface area contributed by atoms with Crippen molar-refractivity contribution in [2.45, 2.75) is 0 Å². The molecule has 4 nitrogen and oxygen atoms in total. The highest BCUT2D eigenvalue weighted by Crippen LogP contribution is 2.31. The Hall–Kier alpha value is -2.24. The normalized spacial score (nSPS) is 10.4. The van der Waals surface area contributed by atoms with Gasteiger partial charge >= 0.3 is 0 Å². The van der Waals surface area contributed by atoms with Gasteiger partial charge in [0.1, 0.15) is 10.8 Å². The highest BCUT2D eigenvalue weighted by atomic mass is 32.1. The fourth-order valence-corrected chi connectivity index (χ4v) is 2.66. The predicted molar refractivity (Wildman–Crippen MR) is 78.6 cm³/mol. The average Bonchev–Trinajstić information content (AvgIpc) is 2.98. The molecule has 0 saturated heterocycles. The topological polar surface area (TPSA) is 63.8 Å². The zero-order valence-electron chi connectivity index (χ0n) is 10.1. The maximum Gasteiger partial charge on any atom is 0.139 e. The molecule has 0 radical (unpaired) electrons. The highest BCUT2D eigenvalue weighted by molar-refractivity contribution is 7.18. The first-order valence-corrected chi connectivity index (χ1v) is 6.63. The number of rotatable bonds is 3. The van der Waals surface area contributed by atoms with E-state index in [1.807, 2.05) is 36.5 Å². The van der Waals surface area contributed by atoms with Crippen molar-refractivity contribution in [2.24, 2.45) is 5.84 Å². The standard InChI is InChI=1S/C14H12N4S/c15-18-13-7-6-11(8-16-13)14-17-9-12(19-14)10-4-2-1-3-5-10/h1-9H,15H2,(H,16,18). The van der Waals surface area contributed by atoms with Crippen LogP contribution in [0.15, 0.2) is 54.9 Å². The Labute approximate surface area is 114 Å². The van der Waals surface area contributed by atoms with E-state index in [1.165, 1.54) is 5.56 Å². The van der Waals surface area contributed by atoms with Crippen molar-refractivity contribution in [3.63, 3.8) is 0 Å². The third kappa shape index (κ3) is 2.47. The van der Waals surface area contributed by atoms with Gasteiger partial charge in [0.15, 0.2) is 0 Å². The molecule has 1 aromatic carbocycles. The molecule has 0 spiro atoms. The fourth-order valence-electron chi connectivity index (χ4n) is 1.75. The van der Waals surface area contributed by atoms with E-state index in [-0.39, 0.29) is 0 Å². The largest absolute Gasteiger partial charge is 0.308 e. The highest BCUT2D eigenvalue weighted by Gasteiger charge is 2.06. The van der Waals surface area contributed by atoms with Gasteiger partial charge in [0.25, 0.3) is 0 Å². The van der Waals surface area contributed by atoms with Crippen LogP contribution in [-0.4, -0.2) is 9.97 Å². The number of nitrogens with zero attached hydrogens (tertiary/aromatic N) is 2. The van der Waals surface area contributed by atoms with Gasteiger partial charge in [0.05, 0.1) is 4.88 Å². The number of nitrogens with one attached hydrogen (secondary N) is 1. The minimum atomic E-state index is 0.642. The summed E-state index contributed by atoms with van der Waals surface area (Å²) in [5, 5.41) is 0.954. The van der Waals surface area contributed by atoms with Gasteiger partial charge in [0, 0.05) is 18.0 Å². The van der Waals surface area contributed by atoms with E-state index in [2.05, 4.69) is 27.5 Å². The molecule has 0 aliphatic rings. The monoisotopic (exact) mass is 268 g/mol. The first kappa shape index (κ1) is 11.8. The van der Waals surface area contributed by atoms with E-state index in [9.17, 15) is 0 Å². The molecular weight excluding hydrogens is 256 g/mol. The number of aromatic nitrogens is 2. The molecule has 0 unspecified atom stereocenters. The lowest BCUT2D eigenvalue weighted by molar-refractivity contribution is 1.23. The quantitative estimate of drug-likeness (QED) is 0.565. The zero-order valence-corrected chi connectivity index (χ0v) is 10.9. The summed E-state index contributed by atoms with van der Waals surface area (Å²) in [5.74, 6) is 5.94. The minimum Gasteiger partial charge on any atom is -0.308 e. The molecule has 0 aliphatic carbocycles. The molecule has 5 heteroatoms. The van der Waals surface area contributed by atoms with Crippen molar-refractivity contribution in [2.75, 3.05) is 5.43 Å². The molecule has 3 aromatic rings. The number of nitrogen functional groups attached to an aromatic ring is 1. The molecule has 0 aliphatic heterocycles. The Bertz CT molecular complexity index is 661. The number of hydrogen-bond donors (Lipinski definition) is 2. The lowest BCUT2D eigenvalue weighted by atomic mass is 10.2. The second-order valence-corrected chi connectivity index (χ2v) is 5.00. The van der Waals surface area contributed by atoms with Gasteiger partial charge in [-0.15, -0.1) is 11.3 Å². The van der Waals surface area contributed by atoms with Crippen LogP contribution in [0.2, 0.25) is 0 Å². The molecule has 94 valence electrons. The van der Waals surface area contributed by atoms with Crippen molar-refractivity contribution in [3.05, 3.63) is 54.9 Å². The second kappa shape index (κ2) is 5.17. The molecule has 3 N–H and O–H groups in total. The lowest BCUT2D eigenvalue weighted by Gasteiger charge is -1.99. The van der Waals surface area contributed by atoms with Crippen molar-refractivity contribution >= 4 is 17.2 Å². The maximum atomic E-state index is 5.29. The summed E-state index contributed by atoms with van der Waals surface area (Å²) in [7, 11) is 0. The van der Waals surface area contributed by atoms with Gasteiger partial charge in [-0.3, -0.25) is 0 Å². The van der Waals surface area contributed by atoms with Gasteiger partial charge in [-0.25, -0.2) is 15.8 Å². The predicted octanol–water partition coefficient (Wildman–Crippen LogP) is 3.16. The van der Waals surface area contributed by atoms with Crippen LogP contribution >= 0.6 is 11.3 Å². The maximum absolute atomic E-state index is 5.29. The van der Waals surface area contributed by atoms with E-state index in [4.69, 9.17) is 5.84 Å². The Morgan fingerprint density at radius 3 is 2.42 bits per heavy atom. The van der Waals surface area contributed by atoms with Gasteiger partial charge in [-0.05, 0) is 17.7 Å². The number of nitrogens with two attached hydrogens (primary N) is 1. The summed E-state index contributed by atoms with van der Waals surface area (Å²) in [4.78, 5) is 9.78. The van der Waals surface area contributed by atoms with Crippen molar-refractivity contribution in [3.8, 4) is 21.0 Å². The smallest absolute Gasteiger partial charge is 0.139 e.